The lowest BCUT2D eigenvalue weighted by atomic mass is 10.0. The molecule has 1 aliphatic rings. The fourth-order valence-electron chi connectivity index (χ4n) is 3.89. The van der Waals surface area contributed by atoms with Crippen molar-refractivity contribution in [3.8, 4) is 0 Å². The van der Waals surface area contributed by atoms with E-state index in [0.717, 1.165) is 24.4 Å². The molecule has 1 saturated heterocycles. The average Bonchev–Trinajstić information content (AvgIpc) is 3.24. The van der Waals surface area contributed by atoms with Gasteiger partial charge in [0.15, 0.2) is 0 Å². The molecule has 0 atom stereocenters. The van der Waals surface area contributed by atoms with Crippen LogP contribution in [0.3, 0.4) is 0 Å². The van der Waals surface area contributed by atoms with E-state index < -0.39 is 10.0 Å². The summed E-state index contributed by atoms with van der Waals surface area (Å²) in [6, 6.07) is 16.1. The molecule has 7 heteroatoms. The van der Waals surface area contributed by atoms with Crippen LogP contribution in [0.15, 0.2) is 76.2 Å². The highest BCUT2D eigenvalue weighted by Crippen LogP contribution is 2.31. The maximum atomic E-state index is 13.6. The lowest BCUT2D eigenvalue weighted by Gasteiger charge is -2.38. The number of piperidine rings is 1. The largest absolute Gasteiger partial charge is 0.468 e. The molecule has 30 heavy (non-hydrogen) atoms. The second-order valence-corrected chi connectivity index (χ2v) is 9.49. The second-order valence-electron chi connectivity index (χ2n) is 7.68. The zero-order valence-corrected chi connectivity index (χ0v) is 17.7. The van der Waals surface area contributed by atoms with E-state index in [1.54, 1.807) is 30.5 Å². The minimum absolute atomic E-state index is 0.199. The third kappa shape index (κ3) is 4.42. The molecule has 158 valence electrons. The number of furan rings is 1. The summed E-state index contributed by atoms with van der Waals surface area (Å²) in [4.78, 5) is 2.51. The van der Waals surface area contributed by atoms with Crippen molar-refractivity contribution < 1.29 is 17.2 Å². The first-order chi connectivity index (χ1) is 14.4. The van der Waals surface area contributed by atoms with Gasteiger partial charge in [-0.25, -0.2) is 12.8 Å². The molecular formula is C23H25FN2O3S. The second kappa shape index (κ2) is 8.62. The van der Waals surface area contributed by atoms with E-state index in [2.05, 4.69) is 4.90 Å². The van der Waals surface area contributed by atoms with E-state index in [-0.39, 0.29) is 16.8 Å². The van der Waals surface area contributed by atoms with Crippen LogP contribution >= 0.6 is 0 Å². The van der Waals surface area contributed by atoms with Gasteiger partial charge in [0, 0.05) is 19.1 Å². The van der Waals surface area contributed by atoms with E-state index in [1.165, 1.54) is 28.6 Å². The van der Waals surface area contributed by atoms with Gasteiger partial charge < -0.3 is 4.42 Å². The number of likely N-dealkylation sites (tertiary alicyclic amines) is 1. The third-order valence-electron chi connectivity index (χ3n) is 5.51. The van der Waals surface area contributed by atoms with E-state index in [9.17, 15) is 12.8 Å². The van der Waals surface area contributed by atoms with Gasteiger partial charge >= 0.3 is 0 Å². The van der Waals surface area contributed by atoms with Gasteiger partial charge in [0.25, 0.3) is 10.0 Å². The normalized spacial score (nSPS) is 15.9. The zero-order valence-electron chi connectivity index (χ0n) is 16.9. The molecule has 0 bridgehead atoms. The molecule has 0 saturated carbocycles. The molecule has 0 radical (unpaired) electrons. The van der Waals surface area contributed by atoms with Gasteiger partial charge in [0.2, 0.25) is 0 Å². The SMILES string of the molecule is Cc1ccc(S(=O)(=O)N(c2ccc(F)cc2)C2CCN(Cc3ccco3)CC2)cc1. The van der Waals surface area contributed by atoms with Crippen LogP contribution in [0.25, 0.3) is 0 Å². The Morgan fingerprint density at radius 1 is 1.03 bits per heavy atom. The summed E-state index contributed by atoms with van der Waals surface area (Å²) in [5, 5.41) is 0. The molecule has 4 rings (SSSR count). The van der Waals surface area contributed by atoms with E-state index in [4.69, 9.17) is 4.42 Å². The molecule has 0 N–H and O–H groups in total. The maximum Gasteiger partial charge on any atom is 0.264 e. The highest BCUT2D eigenvalue weighted by molar-refractivity contribution is 7.92. The number of hydrogen-bond donors (Lipinski definition) is 0. The van der Waals surface area contributed by atoms with E-state index in [1.807, 2.05) is 19.1 Å². The van der Waals surface area contributed by atoms with Crippen molar-refractivity contribution >= 4 is 15.7 Å². The van der Waals surface area contributed by atoms with Gasteiger partial charge in [-0.05, 0) is 68.3 Å². The van der Waals surface area contributed by atoms with Gasteiger partial charge in [0.1, 0.15) is 11.6 Å². The summed E-state index contributed by atoms with van der Waals surface area (Å²) in [5.74, 6) is 0.510. The van der Waals surface area contributed by atoms with Crippen LogP contribution in [0.5, 0.6) is 0 Å². The minimum atomic E-state index is -3.78. The highest BCUT2D eigenvalue weighted by Gasteiger charge is 2.34. The molecule has 0 spiro atoms. The summed E-state index contributed by atoms with van der Waals surface area (Å²) in [5.41, 5.74) is 1.48. The van der Waals surface area contributed by atoms with Crippen LogP contribution in [0.4, 0.5) is 10.1 Å². The summed E-state index contributed by atoms with van der Waals surface area (Å²) in [6.07, 6.45) is 3.03. The molecule has 0 amide bonds. The first-order valence-corrected chi connectivity index (χ1v) is 11.5. The predicted molar refractivity (Wildman–Crippen MR) is 114 cm³/mol. The molecular weight excluding hydrogens is 403 g/mol. The molecule has 1 fully saturated rings. The number of halogens is 1. The smallest absolute Gasteiger partial charge is 0.264 e. The van der Waals surface area contributed by atoms with Gasteiger partial charge in [-0.2, -0.15) is 0 Å². The van der Waals surface area contributed by atoms with Crippen LogP contribution < -0.4 is 4.31 Å². The molecule has 0 aliphatic carbocycles. The maximum absolute atomic E-state index is 13.6. The molecule has 2 aromatic carbocycles. The monoisotopic (exact) mass is 428 g/mol. The topological polar surface area (TPSA) is 53.8 Å². The summed E-state index contributed by atoms with van der Waals surface area (Å²) in [7, 11) is -3.78. The van der Waals surface area contributed by atoms with Gasteiger partial charge in [0.05, 0.1) is 23.4 Å². The number of rotatable bonds is 6. The van der Waals surface area contributed by atoms with Crippen LogP contribution in [0.2, 0.25) is 0 Å². The summed E-state index contributed by atoms with van der Waals surface area (Å²) >= 11 is 0. The van der Waals surface area contributed by atoms with Crippen LogP contribution in [-0.4, -0.2) is 32.4 Å². The minimum Gasteiger partial charge on any atom is -0.468 e. The van der Waals surface area contributed by atoms with Crippen molar-refractivity contribution in [1.82, 2.24) is 4.90 Å². The molecule has 2 heterocycles. The Morgan fingerprint density at radius 2 is 1.70 bits per heavy atom. The Hall–Kier alpha value is -2.64. The standard InChI is InChI=1S/C23H25FN2O3S/c1-18-4-10-23(11-5-18)30(27,28)26(20-8-6-19(24)7-9-20)21-12-14-25(15-13-21)17-22-3-2-16-29-22/h2-11,16,21H,12-15,17H2,1H3. The van der Waals surface area contributed by atoms with Crippen LogP contribution in [0.1, 0.15) is 24.2 Å². The lowest BCUT2D eigenvalue weighted by Crippen LogP contribution is -2.47. The molecule has 3 aromatic rings. The Morgan fingerprint density at radius 3 is 2.30 bits per heavy atom. The lowest BCUT2D eigenvalue weighted by molar-refractivity contribution is 0.193. The zero-order chi connectivity index (χ0) is 21.1. The highest BCUT2D eigenvalue weighted by atomic mass is 32.2. The fraction of sp³-hybridized carbons (Fsp3) is 0.304. The van der Waals surface area contributed by atoms with Crippen LogP contribution in [0, 0.1) is 12.7 Å². The number of hydrogen-bond acceptors (Lipinski definition) is 4. The van der Waals surface area contributed by atoms with Crippen molar-refractivity contribution in [3.05, 3.63) is 84.1 Å². The molecule has 1 aliphatic heterocycles. The summed E-state index contributed by atoms with van der Waals surface area (Å²) in [6.45, 7) is 4.14. The van der Waals surface area contributed by atoms with Crippen molar-refractivity contribution in [2.24, 2.45) is 0 Å². The molecule has 0 unspecified atom stereocenters. The fourth-order valence-corrected chi connectivity index (χ4v) is 5.60. The first-order valence-electron chi connectivity index (χ1n) is 10.0. The molecule has 1 aromatic heterocycles. The molecule has 5 nitrogen and oxygen atoms in total. The number of anilines is 1. The van der Waals surface area contributed by atoms with Crippen LogP contribution in [-0.2, 0) is 16.6 Å². The Balaban J connectivity index is 1.60. The Bertz CT molecular complexity index is 1060. The first kappa shape index (κ1) is 20.6. The number of benzene rings is 2. The Labute approximate surface area is 176 Å². The van der Waals surface area contributed by atoms with Crippen molar-refractivity contribution in [2.75, 3.05) is 17.4 Å². The Kier molecular flexibility index (Phi) is 5.92. The van der Waals surface area contributed by atoms with Gasteiger partial charge in [-0.15, -0.1) is 0 Å². The van der Waals surface area contributed by atoms with Gasteiger partial charge in [-0.3, -0.25) is 9.21 Å². The number of aryl methyl sites for hydroxylation is 1. The number of nitrogens with zero attached hydrogens (tertiary/aromatic N) is 2. The predicted octanol–water partition coefficient (Wildman–Crippen LogP) is 4.59. The quantitative estimate of drug-likeness (QED) is 0.576. The van der Waals surface area contributed by atoms with Gasteiger partial charge in [-0.1, -0.05) is 17.7 Å². The van der Waals surface area contributed by atoms with E-state index in [0.29, 0.717) is 25.1 Å². The average molecular weight is 429 g/mol. The van der Waals surface area contributed by atoms with Crippen molar-refractivity contribution in [1.29, 1.82) is 0 Å². The third-order valence-corrected chi connectivity index (χ3v) is 7.40. The van der Waals surface area contributed by atoms with E-state index >= 15 is 0 Å². The summed E-state index contributed by atoms with van der Waals surface area (Å²) < 4.78 is 47.5. The number of sulfonamides is 1. The van der Waals surface area contributed by atoms with Crippen molar-refractivity contribution in [2.45, 2.75) is 37.2 Å². The van der Waals surface area contributed by atoms with Crippen molar-refractivity contribution in [3.63, 3.8) is 0 Å².